The van der Waals surface area contributed by atoms with Gasteiger partial charge in [-0.1, -0.05) is 133 Å². The Morgan fingerprint density at radius 2 is 1.06 bits per heavy atom. The molecular formula is C47H28N2OS. The minimum absolute atomic E-state index is 0.596. The van der Waals surface area contributed by atoms with E-state index < -0.39 is 5.41 Å². The highest BCUT2D eigenvalue weighted by atomic mass is 32.1. The second-order valence-electron chi connectivity index (χ2n) is 13.3. The van der Waals surface area contributed by atoms with Crippen LogP contribution in [0.5, 0.6) is 11.5 Å². The zero-order valence-corrected chi connectivity index (χ0v) is 28.2. The third kappa shape index (κ3) is 4.05. The predicted octanol–water partition coefficient (Wildman–Crippen LogP) is 12.3. The molecule has 1 aliphatic heterocycles. The smallest absolute Gasteiger partial charge is 0.160 e. The van der Waals surface area contributed by atoms with Crippen LogP contribution in [-0.2, 0) is 5.41 Å². The monoisotopic (exact) mass is 668 g/mol. The van der Waals surface area contributed by atoms with E-state index in [9.17, 15) is 0 Å². The van der Waals surface area contributed by atoms with Gasteiger partial charge in [0.2, 0.25) is 0 Å². The normalized spacial score (nSPS) is 13.4. The SMILES string of the molecule is c1ccc(-c2cc(-c3cccc4c3-c3cc5sc6ccccc6c5cc3C43c4ccccc4Oc4ccccc43)nc(-c3ccccc3)n2)cc1. The van der Waals surface area contributed by atoms with Crippen LogP contribution in [0.15, 0.2) is 170 Å². The van der Waals surface area contributed by atoms with Gasteiger partial charge in [0, 0.05) is 48.0 Å². The van der Waals surface area contributed by atoms with Gasteiger partial charge in [0.1, 0.15) is 11.5 Å². The van der Waals surface area contributed by atoms with Gasteiger partial charge in [-0.3, -0.25) is 0 Å². The lowest BCUT2D eigenvalue weighted by Crippen LogP contribution is -2.32. The summed E-state index contributed by atoms with van der Waals surface area (Å²) in [4.78, 5) is 10.5. The third-order valence-corrected chi connectivity index (χ3v) is 11.7. The summed E-state index contributed by atoms with van der Waals surface area (Å²) in [6.07, 6.45) is 0. The summed E-state index contributed by atoms with van der Waals surface area (Å²) in [6, 6.07) is 60.4. The van der Waals surface area contributed by atoms with Crippen molar-refractivity contribution in [2.45, 2.75) is 5.41 Å². The third-order valence-electron chi connectivity index (χ3n) is 10.6. The number of benzene rings is 7. The Morgan fingerprint density at radius 3 is 1.82 bits per heavy atom. The average molecular weight is 669 g/mol. The summed E-state index contributed by atoms with van der Waals surface area (Å²) in [5.41, 5.74) is 11.6. The van der Waals surface area contributed by atoms with Crippen molar-refractivity contribution in [3.05, 3.63) is 192 Å². The zero-order valence-electron chi connectivity index (χ0n) is 27.4. The van der Waals surface area contributed by atoms with Crippen LogP contribution in [0.25, 0.3) is 65.2 Å². The summed E-state index contributed by atoms with van der Waals surface area (Å²) in [6.45, 7) is 0. The van der Waals surface area contributed by atoms with Gasteiger partial charge in [0.15, 0.2) is 5.82 Å². The Bertz CT molecular complexity index is 2740. The molecule has 1 spiro atoms. The van der Waals surface area contributed by atoms with Crippen molar-refractivity contribution >= 4 is 31.5 Å². The molecule has 0 N–H and O–H groups in total. The van der Waals surface area contributed by atoms with Crippen LogP contribution in [0.4, 0.5) is 0 Å². The second kappa shape index (κ2) is 10.8. The van der Waals surface area contributed by atoms with Crippen molar-refractivity contribution in [3.63, 3.8) is 0 Å². The summed E-state index contributed by atoms with van der Waals surface area (Å²) in [5.74, 6) is 2.48. The number of nitrogens with zero attached hydrogens (tertiary/aromatic N) is 2. The number of rotatable bonds is 3. The number of hydrogen-bond acceptors (Lipinski definition) is 4. The molecule has 0 saturated carbocycles. The van der Waals surface area contributed by atoms with Crippen molar-refractivity contribution < 1.29 is 4.74 Å². The molecule has 0 fully saturated rings. The number of fused-ring (bicyclic) bond motifs is 12. The Labute approximate surface area is 299 Å². The van der Waals surface area contributed by atoms with E-state index >= 15 is 0 Å². The number of para-hydroxylation sites is 2. The minimum atomic E-state index is -0.596. The predicted molar refractivity (Wildman–Crippen MR) is 209 cm³/mol. The van der Waals surface area contributed by atoms with E-state index in [2.05, 4.69) is 146 Å². The van der Waals surface area contributed by atoms with Gasteiger partial charge >= 0.3 is 0 Å². The Kier molecular flexibility index (Phi) is 6.04. The molecule has 238 valence electrons. The second-order valence-corrected chi connectivity index (χ2v) is 14.3. The summed E-state index contributed by atoms with van der Waals surface area (Å²) >= 11 is 1.86. The highest BCUT2D eigenvalue weighted by Gasteiger charge is 2.52. The summed E-state index contributed by atoms with van der Waals surface area (Å²) < 4.78 is 9.23. The molecule has 4 heteroatoms. The average Bonchev–Trinajstić information content (AvgIpc) is 3.71. The molecule has 1 aliphatic carbocycles. The van der Waals surface area contributed by atoms with Crippen LogP contribution in [0.3, 0.4) is 0 Å². The largest absolute Gasteiger partial charge is 0.457 e. The standard InChI is InChI=1S/C47H28N2OS/c1-3-14-29(15-4-1)39-28-40(49-46(48-39)30-16-5-2-6-17-30)32-19-13-22-37-45(32)34-27-44-33(31-18-7-12-25-43(31)51-44)26-38(34)47(37)35-20-8-10-23-41(35)50-42-24-11-9-21-36(42)47/h1-28H. The van der Waals surface area contributed by atoms with Crippen LogP contribution in [0.2, 0.25) is 0 Å². The maximum Gasteiger partial charge on any atom is 0.160 e. The lowest BCUT2D eigenvalue weighted by Gasteiger charge is -2.39. The van der Waals surface area contributed by atoms with Crippen LogP contribution in [0, 0.1) is 0 Å². The highest BCUT2D eigenvalue weighted by molar-refractivity contribution is 7.25. The van der Waals surface area contributed by atoms with Gasteiger partial charge in [-0.15, -0.1) is 11.3 Å². The van der Waals surface area contributed by atoms with Crippen molar-refractivity contribution in [2.75, 3.05) is 0 Å². The fraction of sp³-hybridized carbons (Fsp3) is 0.0213. The Balaban J connectivity index is 1.28. The zero-order chi connectivity index (χ0) is 33.5. The van der Waals surface area contributed by atoms with Crippen LogP contribution in [-0.4, -0.2) is 9.97 Å². The first-order valence-electron chi connectivity index (χ1n) is 17.2. The molecule has 0 radical (unpaired) electrons. The molecular weight excluding hydrogens is 641 g/mol. The van der Waals surface area contributed by atoms with E-state index in [4.69, 9.17) is 14.7 Å². The van der Waals surface area contributed by atoms with E-state index in [0.717, 1.165) is 50.7 Å². The van der Waals surface area contributed by atoms with E-state index in [0.29, 0.717) is 5.82 Å². The fourth-order valence-electron chi connectivity index (χ4n) is 8.44. The Hall–Kier alpha value is -6.36. The first kappa shape index (κ1) is 28.5. The summed E-state index contributed by atoms with van der Waals surface area (Å²) in [7, 11) is 0. The van der Waals surface area contributed by atoms with Gasteiger partial charge in [0.25, 0.3) is 0 Å². The molecule has 0 amide bonds. The molecule has 7 aromatic carbocycles. The molecule has 3 nitrogen and oxygen atoms in total. The van der Waals surface area contributed by atoms with E-state index in [-0.39, 0.29) is 0 Å². The highest BCUT2D eigenvalue weighted by Crippen LogP contribution is 2.64. The van der Waals surface area contributed by atoms with Crippen molar-refractivity contribution in [1.82, 2.24) is 9.97 Å². The van der Waals surface area contributed by atoms with Crippen molar-refractivity contribution in [3.8, 4) is 56.5 Å². The molecule has 0 bridgehead atoms. The lowest BCUT2D eigenvalue weighted by atomic mass is 9.66. The molecule has 0 saturated heterocycles. The minimum Gasteiger partial charge on any atom is -0.457 e. The summed E-state index contributed by atoms with van der Waals surface area (Å²) in [5, 5.41) is 2.57. The lowest BCUT2D eigenvalue weighted by molar-refractivity contribution is 0.436. The van der Waals surface area contributed by atoms with Crippen LogP contribution < -0.4 is 4.74 Å². The van der Waals surface area contributed by atoms with Crippen molar-refractivity contribution in [2.24, 2.45) is 0 Å². The maximum atomic E-state index is 6.66. The van der Waals surface area contributed by atoms with Gasteiger partial charge < -0.3 is 4.74 Å². The van der Waals surface area contributed by atoms with E-state index in [1.807, 2.05) is 35.6 Å². The quantitative estimate of drug-likeness (QED) is 0.188. The first-order chi connectivity index (χ1) is 25.3. The van der Waals surface area contributed by atoms with E-state index in [1.165, 1.54) is 42.4 Å². The molecule has 0 atom stereocenters. The van der Waals surface area contributed by atoms with Crippen LogP contribution in [0.1, 0.15) is 22.3 Å². The van der Waals surface area contributed by atoms with Crippen molar-refractivity contribution in [1.29, 1.82) is 0 Å². The topological polar surface area (TPSA) is 35.0 Å². The Morgan fingerprint density at radius 1 is 0.431 bits per heavy atom. The van der Waals surface area contributed by atoms with Gasteiger partial charge in [-0.25, -0.2) is 9.97 Å². The molecule has 0 unspecified atom stereocenters. The molecule has 11 rings (SSSR count). The molecule has 3 heterocycles. The molecule has 2 aliphatic rings. The fourth-order valence-corrected chi connectivity index (χ4v) is 9.56. The number of thiophene rings is 1. The number of ether oxygens (including phenoxy) is 1. The van der Waals surface area contributed by atoms with Gasteiger partial charge in [0.05, 0.1) is 16.8 Å². The molecule has 2 aromatic heterocycles. The van der Waals surface area contributed by atoms with E-state index in [1.54, 1.807) is 0 Å². The maximum absolute atomic E-state index is 6.66. The molecule has 51 heavy (non-hydrogen) atoms. The number of hydrogen-bond donors (Lipinski definition) is 0. The van der Waals surface area contributed by atoms with Crippen LogP contribution >= 0.6 is 11.3 Å². The number of aromatic nitrogens is 2. The first-order valence-corrected chi connectivity index (χ1v) is 18.1. The molecule has 9 aromatic rings. The van der Waals surface area contributed by atoms with Gasteiger partial charge in [-0.2, -0.15) is 0 Å². The van der Waals surface area contributed by atoms with Gasteiger partial charge in [-0.05, 0) is 58.7 Å².